The molecular formula is C25H25Cl2N3O3S. The zero-order valence-corrected chi connectivity index (χ0v) is 21.8. The van der Waals surface area contributed by atoms with Crippen molar-refractivity contribution in [1.82, 2.24) is 15.0 Å². The van der Waals surface area contributed by atoms with Crippen LogP contribution in [-0.2, 0) is 16.0 Å². The van der Waals surface area contributed by atoms with E-state index < -0.39 is 5.60 Å². The van der Waals surface area contributed by atoms with Crippen molar-refractivity contribution >= 4 is 50.7 Å². The van der Waals surface area contributed by atoms with Crippen LogP contribution in [0.3, 0.4) is 0 Å². The topological polar surface area (TPSA) is 85.2 Å². The minimum absolute atomic E-state index is 0.169. The van der Waals surface area contributed by atoms with Crippen LogP contribution in [0.15, 0.2) is 42.6 Å². The van der Waals surface area contributed by atoms with Gasteiger partial charge >= 0.3 is 5.97 Å². The van der Waals surface area contributed by atoms with Gasteiger partial charge in [0.15, 0.2) is 0 Å². The molecule has 0 unspecified atom stereocenters. The molecule has 0 bridgehead atoms. The Kier molecular flexibility index (Phi) is 8.25. The van der Waals surface area contributed by atoms with E-state index in [-0.39, 0.29) is 17.7 Å². The fourth-order valence-corrected chi connectivity index (χ4v) is 4.55. The van der Waals surface area contributed by atoms with E-state index in [1.807, 2.05) is 37.3 Å². The van der Waals surface area contributed by atoms with E-state index in [0.29, 0.717) is 10.7 Å². The standard InChI is InChI=1S/C21H15Cl2N3O2S.C4H10O/c1-11-9-16-19(29-20(25-16)15-7-8-24-21(23)26-15)18(14(11)10-17(27)28-2)12-3-5-13(22)6-4-12;1-4(2,3)5/h3-9H,10H2,1-2H3;5H,1-3H3. The van der Waals surface area contributed by atoms with Crippen LogP contribution in [0.1, 0.15) is 31.9 Å². The third-order valence-corrected chi connectivity index (χ3v) is 6.08. The molecule has 178 valence electrons. The van der Waals surface area contributed by atoms with E-state index in [9.17, 15) is 4.79 Å². The Morgan fingerprint density at radius 1 is 1.12 bits per heavy atom. The van der Waals surface area contributed by atoms with Crippen LogP contribution in [0.5, 0.6) is 0 Å². The third kappa shape index (κ3) is 6.73. The molecule has 0 fully saturated rings. The number of ether oxygens (including phenoxy) is 1. The number of thiazole rings is 1. The second kappa shape index (κ2) is 10.8. The maximum absolute atomic E-state index is 12.1. The molecule has 0 radical (unpaired) electrons. The smallest absolute Gasteiger partial charge is 0.310 e. The number of carbonyl (C=O) groups is 1. The summed E-state index contributed by atoms with van der Waals surface area (Å²) in [5, 5.41) is 10.1. The van der Waals surface area contributed by atoms with Crippen molar-refractivity contribution in [3.63, 3.8) is 0 Å². The summed E-state index contributed by atoms with van der Waals surface area (Å²) in [4.78, 5) is 25.0. The first kappa shape index (κ1) is 26.0. The van der Waals surface area contributed by atoms with E-state index in [2.05, 4.69) is 9.97 Å². The molecule has 34 heavy (non-hydrogen) atoms. The molecule has 0 saturated heterocycles. The summed E-state index contributed by atoms with van der Waals surface area (Å²) >= 11 is 13.5. The second-order valence-corrected chi connectivity index (χ2v) is 10.3. The monoisotopic (exact) mass is 517 g/mol. The van der Waals surface area contributed by atoms with E-state index in [0.717, 1.165) is 37.5 Å². The zero-order valence-electron chi connectivity index (χ0n) is 19.5. The van der Waals surface area contributed by atoms with Gasteiger partial charge in [-0.1, -0.05) is 23.7 Å². The molecule has 9 heteroatoms. The summed E-state index contributed by atoms with van der Waals surface area (Å²) < 4.78 is 5.87. The number of nitrogens with zero attached hydrogens (tertiary/aromatic N) is 3. The predicted octanol–water partition coefficient (Wildman–Crippen LogP) is 6.53. The zero-order chi connectivity index (χ0) is 25.0. The maximum atomic E-state index is 12.1. The molecule has 2 aromatic carbocycles. The van der Waals surface area contributed by atoms with E-state index in [1.54, 1.807) is 33.0 Å². The Morgan fingerprint density at radius 2 is 1.76 bits per heavy atom. The van der Waals surface area contributed by atoms with E-state index in [4.69, 9.17) is 38.0 Å². The molecule has 0 aliphatic carbocycles. The fourth-order valence-electron chi connectivity index (χ4n) is 3.17. The molecule has 2 heterocycles. The number of carbonyl (C=O) groups excluding carboxylic acids is 1. The van der Waals surface area contributed by atoms with Gasteiger partial charge in [-0.15, -0.1) is 11.3 Å². The number of hydrogen-bond donors (Lipinski definition) is 1. The molecule has 0 aliphatic rings. The number of rotatable bonds is 4. The summed E-state index contributed by atoms with van der Waals surface area (Å²) in [5.74, 6) is -0.296. The maximum Gasteiger partial charge on any atom is 0.310 e. The lowest BCUT2D eigenvalue weighted by Crippen LogP contribution is -2.10. The number of methoxy groups -OCH3 is 1. The number of aliphatic hydroxyl groups is 1. The molecule has 0 atom stereocenters. The van der Waals surface area contributed by atoms with E-state index in [1.165, 1.54) is 18.4 Å². The Bertz CT molecular complexity index is 1310. The first-order valence-corrected chi connectivity index (χ1v) is 12.0. The third-order valence-electron chi connectivity index (χ3n) is 4.54. The first-order chi connectivity index (χ1) is 16.0. The Labute approximate surface area is 212 Å². The van der Waals surface area contributed by atoms with Crippen LogP contribution >= 0.6 is 34.5 Å². The van der Waals surface area contributed by atoms with Gasteiger partial charge in [-0.2, -0.15) is 0 Å². The van der Waals surface area contributed by atoms with Gasteiger partial charge < -0.3 is 9.84 Å². The molecule has 1 N–H and O–H groups in total. The minimum Gasteiger partial charge on any atom is -0.469 e. The van der Waals surface area contributed by atoms with Gasteiger partial charge in [0, 0.05) is 16.8 Å². The Hall–Kier alpha value is -2.58. The Balaban J connectivity index is 0.000000588. The Morgan fingerprint density at radius 3 is 2.35 bits per heavy atom. The lowest BCUT2D eigenvalue weighted by atomic mass is 9.93. The van der Waals surface area contributed by atoms with E-state index >= 15 is 0 Å². The highest BCUT2D eigenvalue weighted by Gasteiger charge is 2.20. The van der Waals surface area contributed by atoms with Crippen LogP contribution in [0.4, 0.5) is 0 Å². The van der Waals surface area contributed by atoms with Gasteiger partial charge in [0.05, 0.1) is 29.3 Å². The number of aromatic nitrogens is 3. The number of aryl methyl sites for hydroxylation is 1. The highest BCUT2D eigenvalue weighted by Crippen LogP contribution is 2.40. The van der Waals surface area contributed by atoms with Crippen molar-refractivity contribution in [3.05, 3.63) is 64.0 Å². The molecule has 2 aromatic heterocycles. The number of hydrogen-bond acceptors (Lipinski definition) is 7. The van der Waals surface area contributed by atoms with Crippen molar-refractivity contribution in [3.8, 4) is 21.8 Å². The molecule has 0 spiro atoms. The van der Waals surface area contributed by atoms with Crippen LogP contribution in [-0.4, -0.2) is 38.7 Å². The number of halogens is 2. The molecular weight excluding hydrogens is 493 g/mol. The van der Waals surface area contributed by atoms with Gasteiger partial charge in [0.2, 0.25) is 5.28 Å². The highest BCUT2D eigenvalue weighted by atomic mass is 35.5. The van der Waals surface area contributed by atoms with Crippen molar-refractivity contribution in [2.45, 2.75) is 39.7 Å². The first-order valence-electron chi connectivity index (χ1n) is 10.4. The van der Waals surface area contributed by atoms with Crippen molar-refractivity contribution in [2.24, 2.45) is 0 Å². The number of esters is 1. The lowest BCUT2D eigenvalue weighted by Gasteiger charge is -2.13. The molecule has 4 aromatic rings. The predicted molar refractivity (Wildman–Crippen MR) is 139 cm³/mol. The molecule has 6 nitrogen and oxygen atoms in total. The van der Waals surface area contributed by atoms with Gasteiger partial charge in [-0.3, -0.25) is 4.79 Å². The molecule has 0 saturated carbocycles. The summed E-state index contributed by atoms with van der Waals surface area (Å²) in [6.07, 6.45) is 1.77. The summed E-state index contributed by atoms with van der Waals surface area (Å²) in [6.45, 7) is 7.20. The van der Waals surface area contributed by atoms with Crippen LogP contribution in [0.25, 0.3) is 32.0 Å². The quantitative estimate of drug-likeness (QED) is 0.244. The fraction of sp³-hybridized carbons (Fsp3) is 0.280. The minimum atomic E-state index is -0.500. The van der Waals surface area contributed by atoms with Gasteiger partial charge in [-0.05, 0) is 80.3 Å². The average Bonchev–Trinajstić information content (AvgIpc) is 3.17. The molecule has 0 amide bonds. The van der Waals surface area contributed by atoms with Crippen LogP contribution in [0, 0.1) is 6.92 Å². The lowest BCUT2D eigenvalue weighted by molar-refractivity contribution is -0.139. The van der Waals surface area contributed by atoms with Crippen LogP contribution in [0.2, 0.25) is 10.3 Å². The number of fused-ring (bicyclic) bond motifs is 1. The van der Waals surface area contributed by atoms with Gasteiger partial charge in [0.1, 0.15) is 10.7 Å². The number of benzene rings is 2. The average molecular weight is 518 g/mol. The molecule has 0 aliphatic heterocycles. The van der Waals surface area contributed by atoms with Crippen molar-refractivity contribution in [1.29, 1.82) is 0 Å². The summed E-state index contributed by atoms with van der Waals surface area (Å²) in [5.41, 5.74) is 4.76. The summed E-state index contributed by atoms with van der Waals surface area (Å²) in [6, 6.07) is 11.3. The van der Waals surface area contributed by atoms with Crippen molar-refractivity contribution in [2.75, 3.05) is 7.11 Å². The van der Waals surface area contributed by atoms with Gasteiger partial charge in [-0.25, -0.2) is 15.0 Å². The normalized spacial score (nSPS) is 11.2. The SMILES string of the molecule is CC(C)(C)O.COC(=O)Cc1c(C)cc2nc(-c3ccnc(Cl)n3)sc2c1-c1ccc(Cl)cc1. The summed E-state index contributed by atoms with van der Waals surface area (Å²) in [7, 11) is 1.39. The largest absolute Gasteiger partial charge is 0.469 e. The van der Waals surface area contributed by atoms with Gasteiger partial charge in [0.25, 0.3) is 0 Å². The van der Waals surface area contributed by atoms with Crippen LogP contribution < -0.4 is 0 Å². The van der Waals surface area contributed by atoms with Crippen molar-refractivity contribution < 1.29 is 14.6 Å². The highest BCUT2D eigenvalue weighted by molar-refractivity contribution is 7.22. The second-order valence-electron chi connectivity index (χ2n) is 8.56. The molecule has 4 rings (SSSR count).